The number of rotatable bonds is 6. The van der Waals surface area contributed by atoms with Crippen LogP contribution in [0.15, 0.2) is 60.7 Å². The molecule has 2 aromatic carbocycles. The fourth-order valence-electron chi connectivity index (χ4n) is 4.34. The zero-order valence-corrected chi connectivity index (χ0v) is 19.6. The molecule has 0 bridgehead atoms. The van der Waals surface area contributed by atoms with E-state index in [0.717, 1.165) is 30.3 Å². The highest BCUT2D eigenvalue weighted by Gasteiger charge is 2.35. The molecular weight excluding hydrogens is 444 g/mol. The zero-order chi connectivity index (χ0) is 24.2. The molecule has 180 valence electrons. The average Bonchev–Trinajstić information content (AvgIpc) is 3.28. The Labute approximate surface area is 204 Å². The van der Waals surface area contributed by atoms with Crippen LogP contribution in [0.4, 0.5) is 28.7 Å². The predicted octanol–water partition coefficient (Wildman–Crippen LogP) is 3.36. The molecule has 0 aliphatic carbocycles. The zero-order valence-electron chi connectivity index (χ0n) is 19.6. The van der Waals surface area contributed by atoms with E-state index in [4.69, 9.17) is 4.74 Å². The number of ether oxygens (including phenoxy) is 1. The molecule has 2 aliphatic heterocycles. The molecule has 1 unspecified atom stereocenters. The van der Waals surface area contributed by atoms with Crippen LogP contribution in [0.3, 0.4) is 0 Å². The first-order valence-electron chi connectivity index (χ1n) is 11.8. The number of nitrogens with zero attached hydrogens (tertiary/aromatic N) is 4. The standard InChI is InChI=1S/C26H28N6O3/c1-18-27-23(16-24(28-18)31-11-13-35-14-12-31)29-20-7-9-21(10-8-20)30-26(34)19-15-25(33)32(17-19)22-5-3-2-4-6-22/h2-10,16,19H,11-15,17H2,1H3,(H,30,34)(H,27,28,29). The van der Waals surface area contributed by atoms with Crippen LogP contribution in [0.25, 0.3) is 0 Å². The lowest BCUT2D eigenvalue weighted by Gasteiger charge is -2.28. The van der Waals surface area contributed by atoms with E-state index in [0.29, 0.717) is 37.1 Å². The molecule has 2 saturated heterocycles. The number of para-hydroxylation sites is 1. The number of morpholine rings is 1. The van der Waals surface area contributed by atoms with Gasteiger partial charge in [-0.1, -0.05) is 18.2 Å². The third kappa shape index (κ3) is 5.41. The number of amides is 2. The summed E-state index contributed by atoms with van der Waals surface area (Å²) in [5, 5.41) is 6.26. The Bertz CT molecular complexity index is 1200. The van der Waals surface area contributed by atoms with Gasteiger partial charge in [-0.2, -0.15) is 0 Å². The summed E-state index contributed by atoms with van der Waals surface area (Å²) in [7, 11) is 0. The largest absolute Gasteiger partial charge is 0.378 e. The van der Waals surface area contributed by atoms with Gasteiger partial charge in [-0.05, 0) is 43.3 Å². The monoisotopic (exact) mass is 472 g/mol. The van der Waals surface area contributed by atoms with E-state index in [2.05, 4.69) is 25.5 Å². The van der Waals surface area contributed by atoms with E-state index in [-0.39, 0.29) is 24.2 Å². The molecule has 35 heavy (non-hydrogen) atoms. The minimum Gasteiger partial charge on any atom is -0.378 e. The Hall–Kier alpha value is -3.98. The molecule has 0 spiro atoms. The second-order valence-corrected chi connectivity index (χ2v) is 8.69. The number of hydrogen-bond donors (Lipinski definition) is 2. The van der Waals surface area contributed by atoms with Crippen molar-refractivity contribution >= 4 is 40.5 Å². The van der Waals surface area contributed by atoms with E-state index >= 15 is 0 Å². The summed E-state index contributed by atoms with van der Waals surface area (Å²) in [6.07, 6.45) is 0.207. The molecule has 3 heterocycles. The van der Waals surface area contributed by atoms with Crippen LogP contribution < -0.4 is 20.4 Å². The van der Waals surface area contributed by atoms with Crippen LogP contribution >= 0.6 is 0 Å². The van der Waals surface area contributed by atoms with Gasteiger partial charge in [-0.25, -0.2) is 9.97 Å². The van der Waals surface area contributed by atoms with Gasteiger partial charge in [0.2, 0.25) is 11.8 Å². The van der Waals surface area contributed by atoms with Crippen molar-refractivity contribution in [2.75, 3.05) is 53.3 Å². The van der Waals surface area contributed by atoms with E-state index in [1.165, 1.54) is 0 Å². The highest BCUT2D eigenvalue weighted by molar-refractivity contribution is 6.03. The van der Waals surface area contributed by atoms with E-state index in [1.54, 1.807) is 4.90 Å². The molecular formula is C26H28N6O3. The summed E-state index contributed by atoms with van der Waals surface area (Å²) >= 11 is 0. The predicted molar refractivity (Wildman–Crippen MR) is 135 cm³/mol. The second-order valence-electron chi connectivity index (χ2n) is 8.69. The van der Waals surface area contributed by atoms with Gasteiger partial charge in [0.05, 0.1) is 19.1 Å². The summed E-state index contributed by atoms with van der Waals surface area (Å²) in [5.74, 6) is 1.70. The van der Waals surface area contributed by atoms with Gasteiger partial charge < -0.3 is 25.2 Å². The van der Waals surface area contributed by atoms with Crippen molar-refractivity contribution in [3.8, 4) is 0 Å². The quantitative estimate of drug-likeness (QED) is 0.568. The lowest BCUT2D eigenvalue weighted by Crippen LogP contribution is -2.36. The number of aryl methyl sites for hydroxylation is 1. The maximum Gasteiger partial charge on any atom is 0.229 e. The first kappa shape index (κ1) is 22.8. The molecule has 0 radical (unpaired) electrons. The fourth-order valence-corrected chi connectivity index (χ4v) is 4.34. The lowest BCUT2D eigenvalue weighted by atomic mass is 10.1. The maximum absolute atomic E-state index is 12.8. The van der Waals surface area contributed by atoms with Crippen LogP contribution in [-0.4, -0.2) is 54.6 Å². The van der Waals surface area contributed by atoms with Crippen molar-refractivity contribution in [1.82, 2.24) is 9.97 Å². The van der Waals surface area contributed by atoms with Crippen molar-refractivity contribution < 1.29 is 14.3 Å². The lowest BCUT2D eigenvalue weighted by molar-refractivity contribution is -0.122. The van der Waals surface area contributed by atoms with Crippen molar-refractivity contribution in [1.29, 1.82) is 0 Å². The third-order valence-electron chi connectivity index (χ3n) is 6.15. The number of carbonyl (C=O) groups is 2. The first-order chi connectivity index (χ1) is 17.0. The number of benzene rings is 2. The van der Waals surface area contributed by atoms with E-state index in [9.17, 15) is 9.59 Å². The Balaban J connectivity index is 1.20. The van der Waals surface area contributed by atoms with Gasteiger partial charge in [-0.3, -0.25) is 9.59 Å². The minimum absolute atomic E-state index is 0.0347. The maximum atomic E-state index is 12.8. The Morgan fingerprint density at radius 3 is 2.46 bits per heavy atom. The van der Waals surface area contributed by atoms with Gasteiger partial charge in [0.15, 0.2) is 0 Å². The van der Waals surface area contributed by atoms with Crippen LogP contribution in [-0.2, 0) is 14.3 Å². The molecule has 9 heteroatoms. The SMILES string of the molecule is Cc1nc(Nc2ccc(NC(=O)C3CC(=O)N(c4ccccc4)C3)cc2)cc(N2CCOCC2)n1. The summed E-state index contributed by atoms with van der Waals surface area (Å²) in [4.78, 5) is 38.1. The van der Waals surface area contributed by atoms with Crippen molar-refractivity contribution in [3.63, 3.8) is 0 Å². The van der Waals surface area contributed by atoms with E-state index in [1.807, 2.05) is 67.6 Å². The molecule has 9 nitrogen and oxygen atoms in total. The summed E-state index contributed by atoms with van der Waals surface area (Å²) in [6, 6.07) is 18.8. The van der Waals surface area contributed by atoms with Crippen molar-refractivity contribution in [3.05, 3.63) is 66.5 Å². The number of anilines is 5. The molecule has 5 rings (SSSR count). The Morgan fingerprint density at radius 1 is 1.00 bits per heavy atom. The fraction of sp³-hybridized carbons (Fsp3) is 0.308. The molecule has 2 aliphatic rings. The number of carbonyl (C=O) groups excluding carboxylic acids is 2. The smallest absolute Gasteiger partial charge is 0.229 e. The van der Waals surface area contributed by atoms with Gasteiger partial charge in [0, 0.05) is 49.2 Å². The van der Waals surface area contributed by atoms with Crippen LogP contribution in [0.5, 0.6) is 0 Å². The van der Waals surface area contributed by atoms with Crippen molar-refractivity contribution in [2.24, 2.45) is 5.92 Å². The topological polar surface area (TPSA) is 99.7 Å². The van der Waals surface area contributed by atoms with Gasteiger partial charge in [-0.15, -0.1) is 0 Å². The summed E-state index contributed by atoms with van der Waals surface area (Å²) < 4.78 is 5.43. The average molecular weight is 473 g/mol. The van der Waals surface area contributed by atoms with Gasteiger partial charge >= 0.3 is 0 Å². The Morgan fingerprint density at radius 2 is 1.71 bits per heavy atom. The van der Waals surface area contributed by atoms with Crippen LogP contribution in [0, 0.1) is 12.8 Å². The van der Waals surface area contributed by atoms with Crippen LogP contribution in [0.1, 0.15) is 12.2 Å². The number of nitrogens with one attached hydrogen (secondary N) is 2. The second kappa shape index (κ2) is 10.1. The molecule has 2 N–H and O–H groups in total. The summed E-state index contributed by atoms with van der Waals surface area (Å²) in [5.41, 5.74) is 2.35. The Kier molecular flexibility index (Phi) is 6.58. The molecule has 1 aromatic heterocycles. The van der Waals surface area contributed by atoms with Crippen LogP contribution in [0.2, 0.25) is 0 Å². The first-order valence-corrected chi connectivity index (χ1v) is 11.8. The summed E-state index contributed by atoms with van der Waals surface area (Å²) in [6.45, 7) is 5.25. The van der Waals surface area contributed by atoms with E-state index < -0.39 is 0 Å². The highest BCUT2D eigenvalue weighted by atomic mass is 16.5. The molecule has 2 fully saturated rings. The molecule has 1 atom stereocenters. The van der Waals surface area contributed by atoms with Gasteiger partial charge in [0.1, 0.15) is 17.5 Å². The van der Waals surface area contributed by atoms with Crippen molar-refractivity contribution in [2.45, 2.75) is 13.3 Å². The molecule has 2 amide bonds. The number of aromatic nitrogens is 2. The minimum atomic E-state index is -0.386. The normalized spacial score (nSPS) is 18.0. The molecule has 0 saturated carbocycles. The van der Waals surface area contributed by atoms with Gasteiger partial charge in [0.25, 0.3) is 0 Å². The molecule has 3 aromatic rings. The third-order valence-corrected chi connectivity index (χ3v) is 6.15. The highest BCUT2D eigenvalue weighted by Crippen LogP contribution is 2.26. The number of hydrogen-bond acceptors (Lipinski definition) is 7.